The lowest BCUT2D eigenvalue weighted by Gasteiger charge is -2.17. The van der Waals surface area contributed by atoms with Crippen molar-refractivity contribution in [3.63, 3.8) is 0 Å². The summed E-state index contributed by atoms with van der Waals surface area (Å²) >= 11 is 3.12. The van der Waals surface area contributed by atoms with E-state index in [4.69, 9.17) is 5.84 Å². The number of halogens is 3. The Bertz CT molecular complexity index is 543. The van der Waals surface area contributed by atoms with Crippen LogP contribution in [0.2, 0.25) is 0 Å². The lowest BCUT2D eigenvalue weighted by atomic mass is 9.99. The van der Waals surface area contributed by atoms with E-state index < -0.39 is 0 Å². The molecular formula is C13H11BrF2N2. The first kappa shape index (κ1) is 13.1. The van der Waals surface area contributed by atoms with Gasteiger partial charge in [-0.15, -0.1) is 0 Å². The maximum Gasteiger partial charge on any atom is 0.137 e. The van der Waals surface area contributed by atoms with Gasteiger partial charge in [0.25, 0.3) is 0 Å². The molecule has 0 fully saturated rings. The Morgan fingerprint density at radius 1 is 1.00 bits per heavy atom. The molecule has 0 bridgehead atoms. The highest BCUT2D eigenvalue weighted by Gasteiger charge is 2.13. The van der Waals surface area contributed by atoms with Gasteiger partial charge in [-0.2, -0.15) is 0 Å². The maximum atomic E-state index is 13.2. The standard InChI is InChI=1S/C13H11BrF2N2/c14-11-7-9(3-6-12(11)16)13(18-17)8-1-4-10(15)5-2-8/h1-7,13,18H,17H2. The summed E-state index contributed by atoms with van der Waals surface area (Å²) in [6.07, 6.45) is 0. The van der Waals surface area contributed by atoms with E-state index in [0.717, 1.165) is 11.1 Å². The van der Waals surface area contributed by atoms with Crippen molar-refractivity contribution in [2.24, 2.45) is 5.84 Å². The topological polar surface area (TPSA) is 38.0 Å². The van der Waals surface area contributed by atoms with Gasteiger partial charge in [-0.3, -0.25) is 5.84 Å². The first-order chi connectivity index (χ1) is 8.61. The van der Waals surface area contributed by atoms with E-state index in [1.165, 1.54) is 18.2 Å². The normalized spacial score (nSPS) is 12.4. The molecule has 0 aromatic heterocycles. The predicted octanol–water partition coefficient (Wildman–Crippen LogP) is 3.28. The summed E-state index contributed by atoms with van der Waals surface area (Å²) in [4.78, 5) is 0. The smallest absolute Gasteiger partial charge is 0.137 e. The molecular weight excluding hydrogens is 302 g/mol. The lowest BCUT2D eigenvalue weighted by Crippen LogP contribution is -2.28. The van der Waals surface area contributed by atoms with E-state index in [2.05, 4.69) is 21.4 Å². The minimum Gasteiger partial charge on any atom is -0.271 e. The third kappa shape index (κ3) is 2.75. The Morgan fingerprint density at radius 3 is 2.17 bits per heavy atom. The molecule has 5 heteroatoms. The Balaban J connectivity index is 2.38. The predicted molar refractivity (Wildman–Crippen MR) is 69.7 cm³/mol. The summed E-state index contributed by atoms with van der Waals surface area (Å²) in [6.45, 7) is 0. The second-order valence-corrected chi connectivity index (χ2v) is 4.68. The molecule has 3 N–H and O–H groups in total. The third-order valence-electron chi connectivity index (χ3n) is 2.65. The van der Waals surface area contributed by atoms with Gasteiger partial charge in [-0.1, -0.05) is 18.2 Å². The van der Waals surface area contributed by atoms with E-state index in [0.29, 0.717) is 4.47 Å². The Kier molecular flexibility index (Phi) is 4.06. The Labute approximate surface area is 112 Å². The number of rotatable bonds is 3. The molecule has 2 nitrogen and oxygen atoms in total. The summed E-state index contributed by atoms with van der Waals surface area (Å²) in [7, 11) is 0. The molecule has 2 aromatic carbocycles. The number of hydrazine groups is 1. The molecule has 2 aromatic rings. The van der Waals surface area contributed by atoms with Crippen LogP contribution in [0.1, 0.15) is 17.2 Å². The second kappa shape index (κ2) is 5.56. The van der Waals surface area contributed by atoms with Gasteiger partial charge in [0, 0.05) is 0 Å². The number of nitrogens with two attached hydrogens (primary N) is 1. The van der Waals surface area contributed by atoms with Crippen LogP contribution >= 0.6 is 15.9 Å². The molecule has 1 atom stereocenters. The molecule has 0 spiro atoms. The van der Waals surface area contributed by atoms with Crippen molar-refractivity contribution in [1.82, 2.24) is 5.43 Å². The van der Waals surface area contributed by atoms with Gasteiger partial charge in [0.1, 0.15) is 11.6 Å². The third-order valence-corrected chi connectivity index (χ3v) is 3.25. The van der Waals surface area contributed by atoms with Crippen LogP contribution in [-0.2, 0) is 0 Å². The molecule has 1 unspecified atom stereocenters. The zero-order valence-corrected chi connectivity index (χ0v) is 10.9. The second-order valence-electron chi connectivity index (χ2n) is 3.82. The minimum absolute atomic E-state index is 0.310. The SMILES string of the molecule is NNC(c1ccc(F)cc1)c1ccc(F)c(Br)c1. The molecule has 18 heavy (non-hydrogen) atoms. The molecule has 0 aliphatic heterocycles. The summed E-state index contributed by atoms with van der Waals surface area (Å²) < 4.78 is 26.4. The summed E-state index contributed by atoms with van der Waals surface area (Å²) in [5.74, 6) is 4.86. The van der Waals surface area contributed by atoms with Gasteiger partial charge < -0.3 is 0 Å². The number of nitrogens with one attached hydrogen (secondary N) is 1. The molecule has 0 aliphatic carbocycles. The zero-order valence-electron chi connectivity index (χ0n) is 9.33. The fourth-order valence-electron chi connectivity index (χ4n) is 1.73. The van der Waals surface area contributed by atoms with Crippen molar-refractivity contribution in [1.29, 1.82) is 0 Å². The largest absolute Gasteiger partial charge is 0.271 e. The van der Waals surface area contributed by atoms with E-state index in [-0.39, 0.29) is 17.7 Å². The fraction of sp³-hybridized carbons (Fsp3) is 0.0769. The van der Waals surface area contributed by atoms with Crippen molar-refractivity contribution < 1.29 is 8.78 Å². The first-order valence-electron chi connectivity index (χ1n) is 5.28. The van der Waals surface area contributed by atoms with E-state index in [1.54, 1.807) is 24.3 Å². The van der Waals surface area contributed by atoms with E-state index >= 15 is 0 Å². The van der Waals surface area contributed by atoms with E-state index in [1.807, 2.05) is 0 Å². The molecule has 0 heterocycles. The average molecular weight is 313 g/mol. The zero-order chi connectivity index (χ0) is 13.1. The van der Waals surface area contributed by atoms with Crippen LogP contribution in [-0.4, -0.2) is 0 Å². The molecule has 94 valence electrons. The van der Waals surface area contributed by atoms with Gasteiger partial charge >= 0.3 is 0 Å². The average Bonchev–Trinajstić information content (AvgIpc) is 2.37. The van der Waals surface area contributed by atoms with E-state index in [9.17, 15) is 8.78 Å². The maximum absolute atomic E-state index is 13.2. The molecule has 0 radical (unpaired) electrons. The quantitative estimate of drug-likeness (QED) is 0.674. The van der Waals surface area contributed by atoms with Crippen LogP contribution in [0.4, 0.5) is 8.78 Å². The first-order valence-corrected chi connectivity index (χ1v) is 6.07. The van der Waals surface area contributed by atoms with Gasteiger partial charge in [-0.05, 0) is 51.3 Å². The van der Waals surface area contributed by atoms with Crippen LogP contribution < -0.4 is 11.3 Å². The van der Waals surface area contributed by atoms with Gasteiger partial charge in [-0.25, -0.2) is 14.2 Å². The number of hydrogen-bond donors (Lipinski definition) is 2. The van der Waals surface area contributed by atoms with Gasteiger partial charge in [0.15, 0.2) is 0 Å². The molecule has 0 aliphatic rings. The molecule has 2 rings (SSSR count). The van der Waals surface area contributed by atoms with Gasteiger partial charge in [0.2, 0.25) is 0 Å². The van der Waals surface area contributed by atoms with Crippen molar-refractivity contribution in [3.05, 3.63) is 69.7 Å². The van der Waals surface area contributed by atoms with Crippen LogP contribution in [0.5, 0.6) is 0 Å². The highest BCUT2D eigenvalue weighted by molar-refractivity contribution is 9.10. The summed E-state index contributed by atoms with van der Waals surface area (Å²) in [5.41, 5.74) is 4.23. The lowest BCUT2D eigenvalue weighted by molar-refractivity contribution is 0.606. The Hall–Kier alpha value is -1.30. The summed E-state index contributed by atoms with van der Waals surface area (Å²) in [6, 6.07) is 10.3. The summed E-state index contributed by atoms with van der Waals surface area (Å²) in [5, 5.41) is 0. The van der Waals surface area contributed by atoms with Crippen molar-refractivity contribution in [2.45, 2.75) is 6.04 Å². The molecule has 0 saturated heterocycles. The highest BCUT2D eigenvalue weighted by atomic mass is 79.9. The number of benzene rings is 2. The van der Waals surface area contributed by atoms with Gasteiger partial charge in [0.05, 0.1) is 10.5 Å². The van der Waals surface area contributed by atoms with Crippen LogP contribution in [0.15, 0.2) is 46.9 Å². The van der Waals surface area contributed by atoms with Crippen molar-refractivity contribution in [3.8, 4) is 0 Å². The van der Waals surface area contributed by atoms with Crippen molar-refractivity contribution in [2.75, 3.05) is 0 Å². The fourth-order valence-corrected chi connectivity index (χ4v) is 2.13. The minimum atomic E-state index is -0.339. The Morgan fingerprint density at radius 2 is 1.61 bits per heavy atom. The monoisotopic (exact) mass is 312 g/mol. The van der Waals surface area contributed by atoms with Crippen molar-refractivity contribution >= 4 is 15.9 Å². The van der Waals surface area contributed by atoms with Crippen LogP contribution in [0.25, 0.3) is 0 Å². The number of hydrogen-bond acceptors (Lipinski definition) is 2. The van der Waals surface area contributed by atoms with Crippen LogP contribution in [0.3, 0.4) is 0 Å². The van der Waals surface area contributed by atoms with Crippen LogP contribution in [0, 0.1) is 11.6 Å². The molecule has 0 saturated carbocycles. The highest BCUT2D eigenvalue weighted by Crippen LogP contribution is 2.25. The molecule has 0 amide bonds.